The number of aliphatic carboxylic acids is 1. The molecular formula is C25H27N5O4. The molecule has 0 saturated heterocycles. The van der Waals surface area contributed by atoms with Gasteiger partial charge in [-0.1, -0.05) is 60.7 Å². The smallest absolute Gasteiger partial charge is 0.326 e. The average Bonchev–Trinajstić information content (AvgIpc) is 2.83. The van der Waals surface area contributed by atoms with Crippen molar-refractivity contribution in [1.29, 1.82) is 5.41 Å². The highest BCUT2D eigenvalue weighted by Crippen LogP contribution is 2.30. The number of amides is 1. The molecule has 7 N–H and O–H groups in total. The first kappa shape index (κ1) is 24.2. The van der Waals surface area contributed by atoms with Gasteiger partial charge in [0.25, 0.3) is 11.5 Å². The predicted molar refractivity (Wildman–Crippen MR) is 129 cm³/mol. The van der Waals surface area contributed by atoms with Gasteiger partial charge in [-0.3, -0.25) is 15.0 Å². The number of rotatable bonds is 10. The third kappa shape index (κ3) is 6.32. The van der Waals surface area contributed by atoms with Crippen LogP contribution in [0.3, 0.4) is 0 Å². The van der Waals surface area contributed by atoms with Gasteiger partial charge in [0.2, 0.25) is 0 Å². The molecule has 1 amide bonds. The Labute approximate surface area is 196 Å². The molecule has 1 heterocycles. The first-order valence-corrected chi connectivity index (χ1v) is 10.8. The minimum Gasteiger partial charge on any atom is -0.480 e. The molecule has 1 aromatic heterocycles. The van der Waals surface area contributed by atoms with Crippen molar-refractivity contribution in [3.05, 3.63) is 106 Å². The standard InChI is InChI=1S/C25H27N5O4/c26-25(27)28-13-7-12-20(24(33)34)30-22(31)18-14-19(23(32)29-15-18)21(16-8-3-1-4-9-16)17-10-5-2-6-11-17/h1-6,8-11,14-15,20-21H,7,12-13H2,(H,29,32)(H,30,31)(H,33,34)(H4,26,27,28)/t20-/m0/s1. The molecule has 0 fully saturated rings. The fourth-order valence-electron chi connectivity index (χ4n) is 3.72. The number of pyridine rings is 1. The Morgan fingerprint density at radius 1 is 1.03 bits per heavy atom. The number of carboxylic acids is 1. The number of carbonyl (C=O) groups is 2. The summed E-state index contributed by atoms with van der Waals surface area (Å²) >= 11 is 0. The van der Waals surface area contributed by atoms with E-state index in [0.29, 0.717) is 18.5 Å². The van der Waals surface area contributed by atoms with Gasteiger partial charge < -0.3 is 26.5 Å². The number of nitrogens with one attached hydrogen (secondary N) is 4. The summed E-state index contributed by atoms with van der Waals surface area (Å²) in [5.74, 6) is -2.40. The van der Waals surface area contributed by atoms with Gasteiger partial charge in [0.15, 0.2) is 5.96 Å². The van der Waals surface area contributed by atoms with Crippen molar-refractivity contribution in [3.63, 3.8) is 0 Å². The third-order valence-corrected chi connectivity index (χ3v) is 5.36. The van der Waals surface area contributed by atoms with Crippen molar-refractivity contribution in [3.8, 4) is 0 Å². The molecular weight excluding hydrogens is 434 g/mol. The van der Waals surface area contributed by atoms with Crippen molar-refractivity contribution in [2.24, 2.45) is 5.73 Å². The monoisotopic (exact) mass is 461 g/mol. The first-order chi connectivity index (χ1) is 16.4. The minimum absolute atomic E-state index is 0.147. The SMILES string of the molecule is N=C(N)NCCC[C@H](NC(=O)c1c[nH]c(=O)c(C(c2ccccc2)c2ccccc2)c1)C(=O)O. The molecule has 3 aromatic rings. The van der Waals surface area contributed by atoms with Gasteiger partial charge in [-0.25, -0.2) is 4.79 Å². The van der Waals surface area contributed by atoms with Gasteiger partial charge in [-0.15, -0.1) is 0 Å². The molecule has 0 aliphatic heterocycles. The van der Waals surface area contributed by atoms with Gasteiger partial charge >= 0.3 is 5.97 Å². The van der Waals surface area contributed by atoms with Gasteiger partial charge in [0.05, 0.1) is 5.56 Å². The molecule has 9 heteroatoms. The largest absolute Gasteiger partial charge is 0.480 e. The highest BCUT2D eigenvalue weighted by Gasteiger charge is 2.24. The van der Waals surface area contributed by atoms with Crippen LogP contribution in [-0.4, -0.2) is 40.5 Å². The van der Waals surface area contributed by atoms with Gasteiger partial charge in [-0.2, -0.15) is 0 Å². The fraction of sp³-hybridized carbons (Fsp3) is 0.200. The second-order valence-electron chi connectivity index (χ2n) is 7.77. The van der Waals surface area contributed by atoms with Crippen LogP contribution in [0.15, 0.2) is 77.7 Å². The summed E-state index contributed by atoms with van der Waals surface area (Å²) in [4.78, 5) is 40.0. The molecule has 1 atom stereocenters. The van der Waals surface area contributed by atoms with Crippen LogP contribution in [0.5, 0.6) is 0 Å². The van der Waals surface area contributed by atoms with E-state index in [9.17, 15) is 19.5 Å². The second-order valence-corrected chi connectivity index (χ2v) is 7.77. The molecule has 0 aliphatic carbocycles. The van der Waals surface area contributed by atoms with E-state index >= 15 is 0 Å². The maximum atomic E-state index is 12.9. The van der Waals surface area contributed by atoms with E-state index in [-0.39, 0.29) is 23.5 Å². The van der Waals surface area contributed by atoms with E-state index in [0.717, 1.165) is 11.1 Å². The summed E-state index contributed by atoms with van der Waals surface area (Å²) in [6.07, 6.45) is 1.82. The zero-order chi connectivity index (χ0) is 24.5. The summed E-state index contributed by atoms with van der Waals surface area (Å²) in [5, 5.41) is 21.8. The number of guanidine groups is 1. The number of benzene rings is 2. The Balaban J connectivity index is 1.88. The normalized spacial score (nSPS) is 11.6. The number of carbonyl (C=O) groups excluding carboxylic acids is 1. The quantitative estimate of drug-likeness (QED) is 0.154. The third-order valence-electron chi connectivity index (χ3n) is 5.36. The molecule has 176 valence electrons. The van der Waals surface area contributed by atoms with Crippen LogP contribution in [0, 0.1) is 5.41 Å². The van der Waals surface area contributed by atoms with Gasteiger partial charge in [0, 0.05) is 24.2 Å². The van der Waals surface area contributed by atoms with Crippen molar-refractivity contribution < 1.29 is 14.7 Å². The molecule has 0 unspecified atom stereocenters. The van der Waals surface area contributed by atoms with E-state index in [2.05, 4.69) is 15.6 Å². The van der Waals surface area contributed by atoms with E-state index in [1.807, 2.05) is 60.7 Å². The summed E-state index contributed by atoms with van der Waals surface area (Å²) in [6, 6.07) is 19.4. The lowest BCUT2D eigenvalue weighted by Gasteiger charge is -2.19. The highest BCUT2D eigenvalue weighted by molar-refractivity contribution is 5.96. The zero-order valence-corrected chi connectivity index (χ0v) is 18.5. The van der Waals surface area contributed by atoms with Crippen molar-refractivity contribution in [2.75, 3.05) is 6.54 Å². The van der Waals surface area contributed by atoms with E-state index in [1.165, 1.54) is 12.3 Å². The Kier molecular flexibility index (Phi) is 8.17. The van der Waals surface area contributed by atoms with Crippen molar-refractivity contribution >= 4 is 17.8 Å². The number of nitrogens with two attached hydrogens (primary N) is 1. The van der Waals surface area contributed by atoms with Crippen LogP contribution in [0.2, 0.25) is 0 Å². The Hall–Kier alpha value is -4.40. The molecule has 0 aliphatic rings. The molecule has 2 aromatic carbocycles. The number of hydrogen-bond donors (Lipinski definition) is 6. The van der Waals surface area contributed by atoms with Gasteiger partial charge in [-0.05, 0) is 30.0 Å². The molecule has 0 radical (unpaired) electrons. The molecule has 34 heavy (non-hydrogen) atoms. The maximum Gasteiger partial charge on any atom is 0.326 e. The van der Waals surface area contributed by atoms with E-state index in [4.69, 9.17) is 11.1 Å². The van der Waals surface area contributed by atoms with Crippen LogP contribution >= 0.6 is 0 Å². The lowest BCUT2D eigenvalue weighted by molar-refractivity contribution is -0.139. The van der Waals surface area contributed by atoms with Gasteiger partial charge in [0.1, 0.15) is 6.04 Å². The van der Waals surface area contributed by atoms with Crippen LogP contribution in [0.25, 0.3) is 0 Å². The van der Waals surface area contributed by atoms with Crippen molar-refractivity contribution in [2.45, 2.75) is 24.8 Å². The summed E-state index contributed by atoms with van der Waals surface area (Å²) in [7, 11) is 0. The molecule has 3 rings (SSSR count). The van der Waals surface area contributed by atoms with Crippen molar-refractivity contribution in [1.82, 2.24) is 15.6 Å². The molecule has 0 bridgehead atoms. The lowest BCUT2D eigenvalue weighted by Crippen LogP contribution is -2.41. The zero-order valence-electron chi connectivity index (χ0n) is 18.5. The molecule has 0 spiro atoms. The average molecular weight is 462 g/mol. The highest BCUT2D eigenvalue weighted by atomic mass is 16.4. The van der Waals surface area contributed by atoms with Crippen LogP contribution in [0.1, 0.15) is 45.8 Å². The fourth-order valence-corrected chi connectivity index (χ4v) is 3.72. The van der Waals surface area contributed by atoms with E-state index in [1.54, 1.807) is 0 Å². The van der Waals surface area contributed by atoms with Crippen LogP contribution in [-0.2, 0) is 4.79 Å². The summed E-state index contributed by atoms with van der Waals surface area (Å²) in [5.41, 5.74) is 7.19. The number of carboxylic acid groups (broad SMARTS) is 1. The Morgan fingerprint density at radius 3 is 2.15 bits per heavy atom. The first-order valence-electron chi connectivity index (χ1n) is 10.8. The molecule has 0 saturated carbocycles. The molecule has 9 nitrogen and oxygen atoms in total. The Morgan fingerprint density at radius 2 is 1.62 bits per heavy atom. The van der Waals surface area contributed by atoms with E-state index < -0.39 is 23.8 Å². The van der Waals surface area contributed by atoms with Crippen LogP contribution in [0.4, 0.5) is 0 Å². The predicted octanol–water partition coefficient (Wildman–Crippen LogP) is 2.00. The summed E-state index contributed by atoms with van der Waals surface area (Å²) < 4.78 is 0. The number of hydrogen-bond acceptors (Lipinski definition) is 4. The number of aromatic amines is 1. The Bertz CT molecular complexity index is 1160. The maximum absolute atomic E-state index is 12.9. The topological polar surface area (TPSA) is 161 Å². The second kappa shape index (κ2) is 11.5. The number of aromatic nitrogens is 1. The van der Waals surface area contributed by atoms with Crippen LogP contribution < -0.4 is 21.9 Å². The minimum atomic E-state index is -1.17. The summed E-state index contributed by atoms with van der Waals surface area (Å²) in [6.45, 7) is 0.313. The number of H-pyrrole nitrogens is 1. The lowest BCUT2D eigenvalue weighted by atomic mass is 9.85.